The van der Waals surface area contributed by atoms with Crippen LogP contribution in [0.4, 0.5) is 0 Å². The molecule has 7 heteroatoms. The SMILES string of the molecule is O=C(NCCc1csc([C@@H]2CCCN(C(=O)c3ccccn3)C2)n1)C1CC1. The predicted molar refractivity (Wildman–Crippen MR) is 104 cm³/mol. The molecule has 1 saturated heterocycles. The van der Waals surface area contributed by atoms with Gasteiger partial charge in [-0.2, -0.15) is 0 Å². The van der Waals surface area contributed by atoms with Gasteiger partial charge in [0.15, 0.2) is 0 Å². The molecule has 0 unspecified atom stereocenters. The van der Waals surface area contributed by atoms with Crippen LogP contribution in [0.1, 0.15) is 52.8 Å². The van der Waals surface area contributed by atoms with Crippen molar-refractivity contribution in [2.24, 2.45) is 5.92 Å². The number of hydrogen-bond donors (Lipinski definition) is 1. The van der Waals surface area contributed by atoms with Crippen LogP contribution in [0.3, 0.4) is 0 Å². The number of nitrogens with zero attached hydrogens (tertiary/aromatic N) is 3. The summed E-state index contributed by atoms with van der Waals surface area (Å²) in [4.78, 5) is 35.2. The largest absolute Gasteiger partial charge is 0.355 e. The molecule has 0 aromatic carbocycles. The summed E-state index contributed by atoms with van der Waals surface area (Å²) in [5, 5.41) is 6.16. The molecule has 0 bridgehead atoms. The molecule has 2 aromatic heterocycles. The number of thiazole rings is 1. The van der Waals surface area contributed by atoms with Gasteiger partial charge in [0.05, 0.1) is 10.7 Å². The minimum absolute atomic E-state index is 0.000122. The highest BCUT2D eigenvalue weighted by Crippen LogP contribution is 2.30. The van der Waals surface area contributed by atoms with E-state index in [4.69, 9.17) is 4.98 Å². The normalized spacial score (nSPS) is 19.7. The molecule has 2 amide bonds. The maximum atomic E-state index is 12.7. The van der Waals surface area contributed by atoms with Crippen LogP contribution in [0.2, 0.25) is 0 Å². The van der Waals surface area contributed by atoms with Gasteiger partial charge < -0.3 is 10.2 Å². The second-order valence-corrected chi connectivity index (χ2v) is 8.19. The van der Waals surface area contributed by atoms with Crippen molar-refractivity contribution in [2.45, 2.75) is 38.0 Å². The van der Waals surface area contributed by atoms with E-state index in [2.05, 4.69) is 15.7 Å². The first-order valence-electron chi connectivity index (χ1n) is 9.63. The van der Waals surface area contributed by atoms with Gasteiger partial charge in [-0.25, -0.2) is 4.98 Å². The van der Waals surface area contributed by atoms with Crippen LogP contribution in [0.25, 0.3) is 0 Å². The van der Waals surface area contributed by atoms with Crippen molar-refractivity contribution in [3.63, 3.8) is 0 Å². The van der Waals surface area contributed by atoms with E-state index in [1.54, 1.807) is 23.6 Å². The van der Waals surface area contributed by atoms with E-state index in [0.717, 1.165) is 49.4 Å². The van der Waals surface area contributed by atoms with Crippen molar-refractivity contribution in [1.29, 1.82) is 0 Å². The zero-order chi connectivity index (χ0) is 18.6. The molecule has 1 aliphatic heterocycles. The lowest BCUT2D eigenvalue weighted by molar-refractivity contribution is -0.122. The Bertz CT molecular complexity index is 803. The highest BCUT2D eigenvalue weighted by molar-refractivity contribution is 7.09. The number of piperidine rings is 1. The molecule has 0 radical (unpaired) electrons. The van der Waals surface area contributed by atoms with Gasteiger partial charge in [-0.15, -0.1) is 11.3 Å². The molecule has 2 aromatic rings. The fourth-order valence-corrected chi connectivity index (χ4v) is 4.43. The standard InChI is InChI=1S/C20H24N4O2S/c25-18(14-6-7-14)22-10-8-16-13-27-19(23-16)15-4-3-11-24(12-15)20(26)17-5-1-2-9-21-17/h1-2,5,9,13-15H,3-4,6-8,10-12H2,(H,22,25)/t15-/m1/s1. The molecule has 27 heavy (non-hydrogen) atoms. The first-order valence-corrected chi connectivity index (χ1v) is 10.5. The van der Waals surface area contributed by atoms with Gasteiger partial charge in [0.25, 0.3) is 5.91 Å². The van der Waals surface area contributed by atoms with E-state index in [9.17, 15) is 9.59 Å². The summed E-state index contributed by atoms with van der Waals surface area (Å²) >= 11 is 1.67. The van der Waals surface area contributed by atoms with Crippen LogP contribution in [0, 0.1) is 5.92 Å². The molecule has 1 aliphatic carbocycles. The van der Waals surface area contributed by atoms with Gasteiger partial charge in [-0.3, -0.25) is 14.6 Å². The van der Waals surface area contributed by atoms with Gasteiger partial charge in [0, 0.05) is 49.5 Å². The number of amides is 2. The summed E-state index contributed by atoms with van der Waals surface area (Å²) in [6.07, 6.45) is 6.51. The molecule has 4 rings (SSSR count). The Hall–Kier alpha value is -2.28. The highest BCUT2D eigenvalue weighted by Gasteiger charge is 2.29. The van der Waals surface area contributed by atoms with Crippen LogP contribution in [0.5, 0.6) is 0 Å². The second kappa shape index (κ2) is 8.17. The maximum Gasteiger partial charge on any atom is 0.272 e. The average Bonchev–Trinajstić information content (AvgIpc) is 3.47. The summed E-state index contributed by atoms with van der Waals surface area (Å²) in [6, 6.07) is 5.43. The van der Waals surface area contributed by atoms with Crippen LogP contribution in [-0.4, -0.2) is 46.3 Å². The average molecular weight is 385 g/mol. The number of carbonyl (C=O) groups is 2. The summed E-state index contributed by atoms with van der Waals surface area (Å²) in [5.74, 6) is 0.716. The minimum Gasteiger partial charge on any atom is -0.355 e. The Kier molecular flexibility index (Phi) is 5.48. The van der Waals surface area contributed by atoms with Crippen molar-refractivity contribution in [1.82, 2.24) is 20.2 Å². The predicted octanol–water partition coefficient (Wildman–Crippen LogP) is 2.63. The van der Waals surface area contributed by atoms with Gasteiger partial charge >= 0.3 is 0 Å². The van der Waals surface area contributed by atoms with Crippen molar-refractivity contribution >= 4 is 23.2 Å². The van der Waals surface area contributed by atoms with Gasteiger partial charge in [0.1, 0.15) is 5.69 Å². The molecule has 6 nitrogen and oxygen atoms in total. The van der Waals surface area contributed by atoms with Gasteiger partial charge in [0.2, 0.25) is 5.91 Å². The van der Waals surface area contributed by atoms with Crippen molar-refractivity contribution < 1.29 is 9.59 Å². The lowest BCUT2D eigenvalue weighted by atomic mass is 9.98. The number of nitrogens with one attached hydrogen (secondary N) is 1. The minimum atomic E-state index is -0.000122. The fourth-order valence-electron chi connectivity index (χ4n) is 3.44. The molecular formula is C20H24N4O2S. The van der Waals surface area contributed by atoms with E-state index in [1.807, 2.05) is 17.0 Å². The van der Waals surface area contributed by atoms with Crippen molar-refractivity contribution in [2.75, 3.05) is 19.6 Å². The topological polar surface area (TPSA) is 75.2 Å². The molecule has 142 valence electrons. The molecule has 1 N–H and O–H groups in total. The molecular weight excluding hydrogens is 360 g/mol. The molecule has 3 heterocycles. The van der Waals surface area contributed by atoms with E-state index in [0.29, 0.717) is 18.8 Å². The van der Waals surface area contributed by atoms with Crippen LogP contribution < -0.4 is 5.32 Å². The number of likely N-dealkylation sites (tertiary alicyclic amines) is 1. The smallest absolute Gasteiger partial charge is 0.272 e. The Labute approximate surface area is 163 Å². The van der Waals surface area contributed by atoms with E-state index in [1.165, 1.54) is 0 Å². The van der Waals surface area contributed by atoms with E-state index in [-0.39, 0.29) is 23.7 Å². The van der Waals surface area contributed by atoms with Crippen molar-refractivity contribution in [3.8, 4) is 0 Å². The number of aromatic nitrogens is 2. The van der Waals surface area contributed by atoms with E-state index >= 15 is 0 Å². The molecule has 1 saturated carbocycles. The highest BCUT2D eigenvalue weighted by atomic mass is 32.1. The Morgan fingerprint density at radius 1 is 1.26 bits per heavy atom. The molecule has 0 spiro atoms. The number of hydrogen-bond acceptors (Lipinski definition) is 5. The first-order chi connectivity index (χ1) is 13.2. The zero-order valence-electron chi connectivity index (χ0n) is 15.3. The summed E-state index contributed by atoms with van der Waals surface area (Å²) in [5.41, 5.74) is 1.53. The monoisotopic (exact) mass is 384 g/mol. The van der Waals surface area contributed by atoms with Crippen LogP contribution in [0.15, 0.2) is 29.8 Å². The van der Waals surface area contributed by atoms with Gasteiger partial charge in [-0.05, 0) is 37.8 Å². The van der Waals surface area contributed by atoms with Gasteiger partial charge in [-0.1, -0.05) is 6.07 Å². The third kappa shape index (κ3) is 4.53. The molecule has 1 atom stereocenters. The summed E-state index contributed by atoms with van der Waals surface area (Å²) in [7, 11) is 0. The number of carbonyl (C=O) groups excluding carboxylic acids is 2. The lowest BCUT2D eigenvalue weighted by Crippen LogP contribution is -2.39. The van der Waals surface area contributed by atoms with Crippen LogP contribution in [-0.2, 0) is 11.2 Å². The third-order valence-electron chi connectivity index (χ3n) is 5.14. The third-order valence-corrected chi connectivity index (χ3v) is 6.20. The summed E-state index contributed by atoms with van der Waals surface area (Å²) < 4.78 is 0. The number of pyridine rings is 1. The Morgan fingerprint density at radius 3 is 2.93 bits per heavy atom. The number of rotatable bonds is 6. The molecule has 2 aliphatic rings. The second-order valence-electron chi connectivity index (χ2n) is 7.30. The Morgan fingerprint density at radius 2 is 2.15 bits per heavy atom. The zero-order valence-corrected chi connectivity index (χ0v) is 16.1. The molecule has 2 fully saturated rings. The van der Waals surface area contributed by atoms with Crippen LogP contribution >= 0.6 is 11.3 Å². The van der Waals surface area contributed by atoms with E-state index < -0.39 is 0 Å². The fraction of sp³-hybridized carbons (Fsp3) is 0.500. The quantitative estimate of drug-likeness (QED) is 0.831. The summed E-state index contributed by atoms with van der Waals surface area (Å²) in [6.45, 7) is 2.12. The lowest BCUT2D eigenvalue weighted by Gasteiger charge is -2.31. The maximum absolute atomic E-state index is 12.7. The first kappa shape index (κ1) is 18.1. The Balaban J connectivity index is 1.32. The van der Waals surface area contributed by atoms with Crippen molar-refractivity contribution in [3.05, 3.63) is 46.2 Å².